The van der Waals surface area contributed by atoms with Crippen LogP contribution in [0, 0.1) is 20.8 Å². The van der Waals surface area contributed by atoms with E-state index in [9.17, 15) is 0 Å². The zero-order valence-electron chi connectivity index (χ0n) is 16.5. The van der Waals surface area contributed by atoms with E-state index in [1.807, 2.05) is 30.3 Å². The quantitative estimate of drug-likeness (QED) is 0.649. The van der Waals surface area contributed by atoms with Gasteiger partial charge in [-0.1, -0.05) is 35.9 Å². The van der Waals surface area contributed by atoms with E-state index in [0.717, 1.165) is 32.0 Å². The molecule has 1 saturated heterocycles. The minimum absolute atomic E-state index is 0.809. The highest BCUT2D eigenvalue weighted by molar-refractivity contribution is 5.37. The highest BCUT2D eigenvalue weighted by atomic mass is 16.5. The molecule has 0 aromatic heterocycles. The first-order valence-corrected chi connectivity index (χ1v) is 9.81. The predicted molar refractivity (Wildman–Crippen MR) is 109 cm³/mol. The third kappa shape index (κ3) is 5.33. The van der Waals surface area contributed by atoms with Gasteiger partial charge in [0.05, 0.1) is 13.3 Å². The Morgan fingerprint density at radius 1 is 0.885 bits per heavy atom. The number of ether oxygens (including phenoxy) is 1. The molecule has 0 N–H and O–H groups in total. The molecule has 26 heavy (non-hydrogen) atoms. The van der Waals surface area contributed by atoms with Gasteiger partial charge in [-0.25, -0.2) is 0 Å². The SMILES string of the molecule is Cc1cc(C)c(CN2CCN(CCCCOc3ccccc3)C2)c(C)c1. The number of para-hydroxylation sites is 1. The molecule has 3 rings (SSSR count). The van der Waals surface area contributed by atoms with Crippen LogP contribution in [0.1, 0.15) is 35.1 Å². The first-order chi connectivity index (χ1) is 12.6. The molecule has 0 unspecified atom stereocenters. The van der Waals surface area contributed by atoms with Crippen LogP contribution >= 0.6 is 0 Å². The van der Waals surface area contributed by atoms with Gasteiger partial charge in [0, 0.05) is 19.6 Å². The fourth-order valence-electron chi connectivity index (χ4n) is 3.85. The van der Waals surface area contributed by atoms with Crippen molar-refractivity contribution >= 4 is 0 Å². The summed E-state index contributed by atoms with van der Waals surface area (Å²) in [5.74, 6) is 0.976. The summed E-state index contributed by atoms with van der Waals surface area (Å²) in [4.78, 5) is 5.15. The largest absolute Gasteiger partial charge is 0.494 e. The van der Waals surface area contributed by atoms with Crippen LogP contribution < -0.4 is 4.74 Å². The average Bonchev–Trinajstić information content (AvgIpc) is 3.06. The lowest BCUT2D eigenvalue weighted by Gasteiger charge is -2.20. The molecule has 140 valence electrons. The highest BCUT2D eigenvalue weighted by Gasteiger charge is 2.20. The van der Waals surface area contributed by atoms with E-state index in [1.165, 1.54) is 48.3 Å². The first-order valence-electron chi connectivity index (χ1n) is 9.81. The molecule has 1 aliphatic rings. The molecule has 1 aliphatic heterocycles. The van der Waals surface area contributed by atoms with Crippen molar-refractivity contribution in [3.05, 3.63) is 64.7 Å². The summed E-state index contributed by atoms with van der Waals surface area (Å²) in [6, 6.07) is 14.7. The molecule has 2 aromatic carbocycles. The molecular formula is C23H32N2O. The minimum Gasteiger partial charge on any atom is -0.494 e. The van der Waals surface area contributed by atoms with Gasteiger partial charge in [0.2, 0.25) is 0 Å². The van der Waals surface area contributed by atoms with Gasteiger partial charge in [0.1, 0.15) is 5.75 Å². The van der Waals surface area contributed by atoms with E-state index in [0.29, 0.717) is 0 Å². The molecule has 0 amide bonds. The van der Waals surface area contributed by atoms with Gasteiger partial charge in [-0.3, -0.25) is 9.80 Å². The lowest BCUT2D eigenvalue weighted by molar-refractivity contribution is 0.229. The molecule has 0 radical (unpaired) electrons. The smallest absolute Gasteiger partial charge is 0.119 e. The Labute approximate surface area is 158 Å². The van der Waals surface area contributed by atoms with E-state index in [-0.39, 0.29) is 0 Å². The van der Waals surface area contributed by atoms with Crippen LogP contribution in [-0.2, 0) is 6.54 Å². The second-order valence-corrected chi connectivity index (χ2v) is 7.56. The van der Waals surface area contributed by atoms with E-state index in [4.69, 9.17) is 4.74 Å². The van der Waals surface area contributed by atoms with Gasteiger partial charge < -0.3 is 4.74 Å². The number of unbranched alkanes of at least 4 members (excludes halogenated alkanes) is 1. The number of nitrogens with zero attached hydrogens (tertiary/aromatic N) is 2. The molecule has 0 aliphatic carbocycles. The Hall–Kier alpha value is -1.84. The Morgan fingerprint density at radius 3 is 2.31 bits per heavy atom. The van der Waals surface area contributed by atoms with Gasteiger partial charge in [-0.2, -0.15) is 0 Å². The fraction of sp³-hybridized carbons (Fsp3) is 0.478. The molecule has 0 atom stereocenters. The summed E-state index contributed by atoms with van der Waals surface area (Å²) < 4.78 is 5.78. The maximum Gasteiger partial charge on any atom is 0.119 e. The summed E-state index contributed by atoms with van der Waals surface area (Å²) >= 11 is 0. The fourth-order valence-corrected chi connectivity index (χ4v) is 3.85. The Balaban J connectivity index is 1.36. The monoisotopic (exact) mass is 352 g/mol. The molecule has 1 heterocycles. The van der Waals surface area contributed by atoms with E-state index in [2.05, 4.69) is 42.7 Å². The molecule has 2 aromatic rings. The van der Waals surface area contributed by atoms with Crippen molar-refractivity contribution in [3.8, 4) is 5.75 Å². The molecule has 3 nitrogen and oxygen atoms in total. The third-order valence-electron chi connectivity index (χ3n) is 5.24. The zero-order valence-corrected chi connectivity index (χ0v) is 16.5. The van der Waals surface area contributed by atoms with Gasteiger partial charge in [0.25, 0.3) is 0 Å². The van der Waals surface area contributed by atoms with Crippen molar-refractivity contribution < 1.29 is 4.74 Å². The highest BCUT2D eigenvalue weighted by Crippen LogP contribution is 2.20. The number of rotatable bonds is 8. The topological polar surface area (TPSA) is 15.7 Å². The van der Waals surface area contributed by atoms with E-state index in [1.54, 1.807) is 0 Å². The average molecular weight is 353 g/mol. The normalized spacial score (nSPS) is 15.5. The first kappa shape index (κ1) is 18.9. The van der Waals surface area contributed by atoms with Gasteiger partial charge >= 0.3 is 0 Å². The Kier molecular flexibility index (Phi) is 6.70. The van der Waals surface area contributed by atoms with Crippen molar-refractivity contribution in [1.82, 2.24) is 9.80 Å². The molecular weight excluding hydrogens is 320 g/mol. The van der Waals surface area contributed by atoms with Crippen LogP contribution in [-0.4, -0.2) is 42.7 Å². The second kappa shape index (κ2) is 9.20. The van der Waals surface area contributed by atoms with E-state index >= 15 is 0 Å². The lowest BCUT2D eigenvalue weighted by Crippen LogP contribution is -2.26. The molecule has 3 heteroatoms. The Bertz CT molecular complexity index is 676. The van der Waals surface area contributed by atoms with Crippen LogP contribution in [0.2, 0.25) is 0 Å². The van der Waals surface area contributed by atoms with Gasteiger partial charge in [-0.15, -0.1) is 0 Å². The van der Waals surface area contributed by atoms with Crippen LogP contribution in [0.4, 0.5) is 0 Å². The van der Waals surface area contributed by atoms with Crippen molar-refractivity contribution in [2.75, 3.05) is 32.9 Å². The summed E-state index contributed by atoms with van der Waals surface area (Å²) in [7, 11) is 0. The molecule has 0 spiro atoms. The maximum absolute atomic E-state index is 5.78. The van der Waals surface area contributed by atoms with Crippen LogP contribution in [0.3, 0.4) is 0 Å². The van der Waals surface area contributed by atoms with Crippen molar-refractivity contribution in [3.63, 3.8) is 0 Å². The third-order valence-corrected chi connectivity index (χ3v) is 5.24. The van der Waals surface area contributed by atoms with E-state index < -0.39 is 0 Å². The predicted octanol–water partition coefficient (Wildman–Crippen LogP) is 4.55. The summed E-state index contributed by atoms with van der Waals surface area (Å²) in [6.07, 6.45) is 2.31. The van der Waals surface area contributed by atoms with Gasteiger partial charge in [0.15, 0.2) is 0 Å². The zero-order chi connectivity index (χ0) is 18.4. The van der Waals surface area contributed by atoms with Crippen LogP contribution in [0.15, 0.2) is 42.5 Å². The number of aryl methyl sites for hydroxylation is 3. The van der Waals surface area contributed by atoms with Crippen LogP contribution in [0.25, 0.3) is 0 Å². The second-order valence-electron chi connectivity index (χ2n) is 7.56. The number of hydrogen-bond donors (Lipinski definition) is 0. The standard InChI is InChI=1S/C23H32N2O/c1-19-15-20(2)23(21(3)16-19)17-25-13-12-24(18-25)11-7-8-14-26-22-9-5-4-6-10-22/h4-6,9-10,15-16H,7-8,11-14,17-18H2,1-3H3. The lowest BCUT2D eigenvalue weighted by atomic mass is 9.99. The number of benzene rings is 2. The minimum atomic E-state index is 0.809. The summed E-state index contributed by atoms with van der Waals surface area (Å²) in [6.45, 7) is 13.2. The molecule has 0 saturated carbocycles. The Morgan fingerprint density at radius 2 is 1.58 bits per heavy atom. The van der Waals surface area contributed by atoms with Crippen molar-refractivity contribution in [2.24, 2.45) is 0 Å². The summed E-state index contributed by atoms with van der Waals surface area (Å²) in [5.41, 5.74) is 5.73. The van der Waals surface area contributed by atoms with Crippen molar-refractivity contribution in [1.29, 1.82) is 0 Å². The molecule has 0 bridgehead atoms. The van der Waals surface area contributed by atoms with Gasteiger partial charge in [-0.05, 0) is 69.0 Å². The summed E-state index contributed by atoms with van der Waals surface area (Å²) in [5, 5.41) is 0. The molecule has 1 fully saturated rings. The van der Waals surface area contributed by atoms with Crippen molar-refractivity contribution in [2.45, 2.75) is 40.2 Å². The maximum atomic E-state index is 5.78. The van der Waals surface area contributed by atoms with Crippen LogP contribution in [0.5, 0.6) is 5.75 Å². The number of hydrogen-bond acceptors (Lipinski definition) is 3.